The molecule has 3 amide bonds. The lowest BCUT2D eigenvalue weighted by atomic mass is 9.93. The molecule has 1 aromatic heterocycles. The average molecular weight is 598 g/mol. The van der Waals surface area contributed by atoms with Crippen molar-refractivity contribution in [2.45, 2.75) is 44.2 Å². The summed E-state index contributed by atoms with van der Waals surface area (Å²) in [6.45, 7) is 0. The third kappa shape index (κ3) is 7.77. The summed E-state index contributed by atoms with van der Waals surface area (Å²) in [7, 11) is 0. The van der Waals surface area contributed by atoms with Gasteiger partial charge in [0.2, 0.25) is 0 Å². The summed E-state index contributed by atoms with van der Waals surface area (Å²) < 4.78 is 5.55. The first-order valence-electron chi connectivity index (χ1n) is 11.8. The van der Waals surface area contributed by atoms with Gasteiger partial charge in [0, 0.05) is 23.6 Å². The third-order valence-corrected chi connectivity index (χ3v) is 7.11. The number of rotatable bonds is 6. The molecule has 4 rings (SSSR count). The molecule has 0 spiro atoms. The number of hydrogen-bond acceptors (Lipinski definition) is 6. The Balaban J connectivity index is 1.25. The minimum atomic E-state index is -0.602. The largest absolute Gasteiger partial charge is 0.446 e. The molecular weight excluding hydrogens is 574 g/mol. The first kappa shape index (κ1) is 28.0. The SMILES string of the molecule is O=C(NC1=C(Cl)CC=CC=C1Cl)Nc1cc(NC2CCC(OC(=O)Nc3c(Cl)cccc3Cl)CC2)ncn1. The van der Waals surface area contributed by atoms with Gasteiger partial charge in [-0.05, 0) is 43.9 Å². The minimum Gasteiger partial charge on any atom is -0.446 e. The number of carbonyl (C=O) groups excluding carboxylic acids is 2. The van der Waals surface area contributed by atoms with E-state index in [4.69, 9.17) is 51.1 Å². The number of anilines is 3. The summed E-state index contributed by atoms with van der Waals surface area (Å²) in [4.78, 5) is 33.2. The number of carbonyl (C=O) groups is 2. The van der Waals surface area contributed by atoms with Crippen LogP contribution in [-0.2, 0) is 4.74 Å². The van der Waals surface area contributed by atoms with Crippen molar-refractivity contribution in [1.29, 1.82) is 0 Å². The van der Waals surface area contributed by atoms with Gasteiger partial charge in [0.25, 0.3) is 0 Å². The number of hydrogen-bond donors (Lipinski definition) is 4. The molecule has 4 N–H and O–H groups in total. The molecule has 1 aromatic carbocycles. The van der Waals surface area contributed by atoms with Crippen LogP contribution in [0.2, 0.25) is 10.0 Å². The second kappa shape index (κ2) is 13.2. The molecule has 0 saturated heterocycles. The molecule has 200 valence electrons. The Morgan fingerprint density at radius 1 is 0.921 bits per heavy atom. The average Bonchev–Trinajstić information content (AvgIpc) is 3.03. The smallest absolute Gasteiger partial charge is 0.411 e. The lowest BCUT2D eigenvalue weighted by molar-refractivity contribution is 0.0841. The zero-order valence-corrected chi connectivity index (χ0v) is 23.0. The number of halogens is 4. The summed E-state index contributed by atoms with van der Waals surface area (Å²) >= 11 is 24.6. The van der Waals surface area contributed by atoms with E-state index in [1.165, 1.54) is 6.33 Å². The molecule has 0 radical (unpaired) electrons. The van der Waals surface area contributed by atoms with E-state index >= 15 is 0 Å². The number of nitrogens with zero attached hydrogens (tertiary/aromatic N) is 2. The van der Waals surface area contributed by atoms with Crippen LogP contribution in [0.1, 0.15) is 32.1 Å². The standard InChI is InChI=1S/C25H24Cl4N6O3/c26-16-4-1-2-5-17(27)22(16)34-24(36)33-21-12-20(30-13-31-21)32-14-8-10-15(11-9-14)38-25(37)35-23-18(28)6-3-7-19(23)29/h1-4,6-7,12-15H,5,8-11H2,(H,35,37)(H3,30,31,32,33,34,36). The first-order valence-corrected chi connectivity index (χ1v) is 13.3. The number of para-hydroxylation sites is 1. The van der Waals surface area contributed by atoms with Gasteiger partial charge in [-0.25, -0.2) is 19.6 Å². The van der Waals surface area contributed by atoms with Gasteiger partial charge in [0.1, 0.15) is 24.1 Å². The summed E-state index contributed by atoms with van der Waals surface area (Å²) in [6, 6.07) is 6.17. The highest BCUT2D eigenvalue weighted by Gasteiger charge is 2.25. The van der Waals surface area contributed by atoms with Crippen LogP contribution in [0.3, 0.4) is 0 Å². The topological polar surface area (TPSA) is 117 Å². The van der Waals surface area contributed by atoms with Crippen molar-refractivity contribution in [1.82, 2.24) is 15.3 Å². The van der Waals surface area contributed by atoms with Gasteiger partial charge in [-0.15, -0.1) is 0 Å². The van der Waals surface area contributed by atoms with Crippen molar-refractivity contribution in [2.24, 2.45) is 0 Å². The lowest BCUT2D eigenvalue weighted by Crippen LogP contribution is -2.32. The van der Waals surface area contributed by atoms with Gasteiger partial charge in [0.05, 0.1) is 26.5 Å². The highest BCUT2D eigenvalue weighted by molar-refractivity contribution is 6.39. The maximum atomic E-state index is 12.5. The zero-order chi connectivity index (χ0) is 27.1. The van der Waals surface area contributed by atoms with Crippen molar-refractivity contribution in [3.05, 3.63) is 74.6 Å². The van der Waals surface area contributed by atoms with Crippen LogP contribution >= 0.6 is 46.4 Å². The molecular formula is C25H24Cl4N6O3. The van der Waals surface area contributed by atoms with Crippen LogP contribution < -0.4 is 21.3 Å². The number of benzene rings is 1. The fourth-order valence-corrected chi connectivity index (χ4v) is 4.98. The first-order chi connectivity index (χ1) is 18.3. The maximum Gasteiger partial charge on any atom is 0.411 e. The van der Waals surface area contributed by atoms with E-state index in [0.717, 1.165) is 12.8 Å². The molecule has 0 aliphatic heterocycles. The number of allylic oxidation sites excluding steroid dienone is 5. The van der Waals surface area contributed by atoms with Gasteiger partial charge in [0.15, 0.2) is 0 Å². The number of nitrogens with one attached hydrogen (secondary N) is 4. The molecule has 38 heavy (non-hydrogen) atoms. The Hall–Kier alpha value is -2.98. The fraction of sp³-hybridized carbons (Fsp3) is 0.280. The molecule has 2 aliphatic carbocycles. The number of aromatic nitrogens is 2. The monoisotopic (exact) mass is 596 g/mol. The molecule has 1 heterocycles. The van der Waals surface area contributed by atoms with Crippen molar-refractivity contribution in [2.75, 3.05) is 16.0 Å². The van der Waals surface area contributed by atoms with Gasteiger partial charge >= 0.3 is 12.1 Å². The summed E-state index contributed by atoms with van der Waals surface area (Å²) in [5.74, 6) is 0.857. The Kier molecular flexibility index (Phi) is 9.74. The lowest BCUT2D eigenvalue weighted by Gasteiger charge is -2.29. The number of amides is 3. The normalized spacial score (nSPS) is 19.2. The number of ether oxygens (including phenoxy) is 1. The predicted molar refractivity (Wildman–Crippen MR) is 151 cm³/mol. The zero-order valence-electron chi connectivity index (χ0n) is 19.9. The van der Waals surface area contributed by atoms with E-state index in [2.05, 4.69) is 31.2 Å². The van der Waals surface area contributed by atoms with Crippen LogP contribution in [0.25, 0.3) is 0 Å². The van der Waals surface area contributed by atoms with Crippen molar-refractivity contribution < 1.29 is 14.3 Å². The van der Waals surface area contributed by atoms with Crippen LogP contribution in [0, 0.1) is 0 Å². The minimum absolute atomic E-state index is 0.110. The van der Waals surface area contributed by atoms with Gasteiger partial charge in [-0.3, -0.25) is 10.6 Å². The van der Waals surface area contributed by atoms with Crippen molar-refractivity contribution in [3.63, 3.8) is 0 Å². The fourth-order valence-electron chi connectivity index (χ4n) is 3.97. The van der Waals surface area contributed by atoms with Crippen LogP contribution in [0.4, 0.5) is 26.9 Å². The highest BCUT2D eigenvalue weighted by atomic mass is 35.5. The molecule has 13 heteroatoms. The maximum absolute atomic E-state index is 12.5. The Morgan fingerprint density at radius 2 is 1.63 bits per heavy atom. The van der Waals surface area contributed by atoms with E-state index in [1.807, 2.05) is 6.08 Å². The third-order valence-electron chi connectivity index (χ3n) is 5.82. The molecule has 1 fully saturated rings. The molecule has 9 nitrogen and oxygen atoms in total. The molecule has 0 unspecified atom stereocenters. The van der Waals surface area contributed by atoms with Gasteiger partial charge in [-0.2, -0.15) is 0 Å². The van der Waals surface area contributed by atoms with Crippen LogP contribution in [-0.4, -0.2) is 34.2 Å². The van der Waals surface area contributed by atoms with Crippen molar-refractivity contribution >= 4 is 75.9 Å². The predicted octanol–water partition coefficient (Wildman–Crippen LogP) is 7.41. The van der Waals surface area contributed by atoms with E-state index in [9.17, 15) is 9.59 Å². The van der Waals surface area contributed by atoms with Crippen LogP contribution in [0.5, 0.6) is 0 Å². The molecule has 0 bridgehead atoms. The Morgan fingerprint density at radius 3 is 2.37 bits per heavy atom. The molecule has 2 aromatic rings. The quantitative estimate of drug-likeness (QED) is 0.275. The van der Waals surface area contributed by atoms with Crippen LogP contribution in [0.15, 0.2) is 64.6 Å². The Labute approximate surface area is 239 Å². The number of urea groups is 1. The second-order valence-corrected chi connectivity index (χ2v) is 10.2. The van der Waals surface area contributed by atoms with E-state index in [-0.39, 0.29) is 12.1 Å². The Bertz CT molecular complexity index is 1270. The van der Waals surface area contributed by atoms with Crippen molar-refractivity contribution in [3.8, 4) is 0 Å². The molecule has 0 atom stereocenters. The summed E-state index contributed by atoms with van der Waals surface area (Å²) in [5, 5.41) is 12.7. The second-order valence-electron chi connectivity index (χ2n) is 8.54. The van der Waals surface area contributed by atoms with E-state index in [1.54, 1.807) is 36.4 Å². The molecule has 1 saturated carbocycles. The van der Waals surface area contributed by atoms with E-state index in [0.29, 0.717) is 62.4 Å². The summed E-state index contributed by atoms with van der Waals surface area (Å²) in [5.41, 5.74) is 0.662. The highest BCUT2D eigenvalue weighted by Crippen LogP contribution is 2.31. The summed E-state index contributed by atoms with van der Waals surface area (Å²) in [6.07, 6.45) is 9.07. The van der Waals surface area contributed by atoms with Gasteiger partial charge < -0.3 is 15.4 Å². The van der Waals surface area contributed by atoms with E-state index < -0.39 is 12.1 Å². The molecule has 2 aliphatic rings. The van der Waals surface area contributed by atoms with Gasteiger partial charge in [-0.1, -0.05) is 64.6 Å².